The molecule has 0 rings (SSSR count). The first-order valence-electron chi connectivity index (χ1n) is 3.45. The Morgan fingerprint density at radius 3 is 2.08 bits per heavy atom. The molecule has 0 aromatic carbocycles. The maximum Gasteiger partial charge on any atom is 0.344 e. The molecule has 72 valence electrons. The molecule has 5 heteroatoms. The Bertz CT molecular complexity index is 253. The molecule has 0 amide bonds. The molecule has 0 radical (unpaired) electrons. The molecule has 0 atom stereocenters. The van der Waals surface area contributed by atoms with Crippen molar-refractivity contribution in [1.82, 2.24) is 0 Å². The lowest BCUT2D eigenvalue weighted by molar-refractivity contribution is -0.162. The second-order valence-electron chi connectivity index (χ2n) is 2.22. The molecule has 0 spiro atoms. The number of hydrogen-bond acceptors (Lipinski definition) is 5. The van der Waals surface area contributed by atoms with Crippen LogP contribution in [0.2, 0.25) is 0 Å². The zero-order valence-electron chi connectivity index (χ0n) is 7.46. The summed E-state index contributed by atoms with van der Waals surface area (Å²) in [5, 5.41) is 0. The summed E-state index contributed by atoms with van der Waals surface area (Å²) in [6, 6.07) is 0. The third kappa shape index (κ3) is 4.73. The largest absolute Gasteiger partial charge is 0.428 e. The predicted octanol–water partition coefficient (Wildman–Crippen LogP) is 0.195. The first-order valence-corrected chi connectivity index (χ1v) is 3.45. The zero-order chi connectivity index (χ0) is 10.4. The molecule has 0 heterocycles. The molecule has 0 aliphatic rings. The summed E-state index contributed by atoms with van der Waals surface area (Å²) in [5.41, 5.74) is -0.271. The van der Waals surface area contributed by atoms with Crippen LogP contribution >= 0.6 is 0 Å². The zero-order valence-corrected chi connectivity index (χ0v) is 7.46. The van der Waals surface area contributed by atoms with Gasteiger partial charge in [-0.1, -0.05) is 6.58 Å². The van der Waals surface area contributed by atoms with E-state index < -0.39 is 24.5 Å². The Morgan fingerprint density at radius 2 is 1.69 bits per heavy atom. The number of ether oxygens (including phenoxy) is 2. The molecule has 0 saturated heterocycles. The molecule has 0 aromatic rings. The van der Waals surface area contributed by atoms with Crippen molar-refractivity contribution < 1.29 is 23.9 Å². The number of hydrogen-bond donors (Lipinski definition) is 0. The van der Waals surface area contributed by atoms with E-state index in [9.17, 15) is 14.4 Å². The summed E-state index contributed by atoms with van der Waals surface area (Å²) in [5.74, 6) is -1.93. The van der Waals surface area contributed by atoms with Gasteiger partial charge in [0.1, 0.15) is 0 Å². The minimum atomic E-state index is -0.881. The van der Waals surface area contributed by atoms with Crippen LogP contribution in [0, 0.1) is 0 Å². The van der Waals surface area contributed by atoms with Gasteiger partial charge in [0.05, 0.1) is 5.57 Å². The minimum absolute atomic E-state index is 0.271. The fraction of sp³-hybridized carbons (Fsp3) is 0.375. The molecule has 0 aromatic heterocycles. The molecule has 0 bridgehead atoms. The standard InChI is InChI=1S/C8H10O5/c1-5(6(2)9)8(11)13-4-12-7(3)10/h1,4H2,2-3H3. The normalized spacial score (nSPS) is 8.77. The lowest BCUT2D eigenvalue weighted by Crippen LogP contribution is -2.15. The van der Waals surface area contributed by atoms with Crippen LogP contribution in [0.4, 0.5) is 0 Å². The van der Waals surface area contributed by atoms with Gasteiger partial charge in [-0.2, -0.15) is 0 Å². The summed E-state index contributed by atoms with van der Waals surface area (Å²) >= 11 is 0. The fourth-order valence-corrected chi connectivity index (χ4v) is 0.397. The topological polar surface area (TPSA) is 69.7 Å². The molecule has 0 unspecified atom stereocenters. The van der Waals surface area contributed by atoms with Crippen molar-refractivity contribution in [2.24, 2.45) is 0 Å². The van der Waals surface area contributed by atoms with Crippen LogP contribution in [-0.2, 0) is 23.9 Å². The van der Waals surface area contributed by atoms with E-state index in [2.05, 4.69) is 16.1 Å². The molecular weight excluding hydrogens is 176 g/mol. The monoisotopic (exact) mass is 186 g/mol. The summed E-state index contributed by atoms with van der Waals surface area (Å²) in [6.45, 7) is 5.05. The molecule has 0 fully saturated rings. The number of ketones is 1. The average Bonchev–Trinajstić information content (AvgIpc) is 2.02. The third-order valence-electron chi connectivity index (χ3n) is 1.12. The van der Waals surface area contributed by atoms with Gasteiger partial charge in [-0.05, 0) is 6.92 Å². The van der Waals surface area contributed by atoms with Crippen molar-refractivity contribution in [2.45, 2.75) is 13.8 Å². The number of Topliss-reactive ketones (excluding diaryl/α,β-unsaturated/α-hetero) is 1. The van der Waals surface area contributed by atoms with Gasteiger partial charge in [-0.15, -0.1) is 0 Å². The fourth-order valence-electron chi connectivity index (χ4n) is 0.397. The third-order valence-corrected chi connectivity index (χ3v) is 1.12. The Hall–Kier alpha value is -1.65. The lowest BCUT2D eigenvalue weighted by Gasteiger charge is -2.03. The van der Waals surface area contributed by atoms with Gasteiger partial charge in [0.15, 0.2) is 5.78 Å². The second kappa shape index (κ2) is 5.08. The van der Waals surface area contributed by atoms with Gasteiger partial charge < -0.3 is 9.47 Å². The highest BCUT2D eigenvalue weighted by atomic mass is 16.7. The molecule has 0 aliphatic carbocycles. The van der Waals surface area contributed by atoms with Crippen molar-refractivity contribution in [3.05, 3.63) is 12.2 Å². The van der Waals surface area contributed by atoms with E-state index in [0.29, 0.717) is 0 Å². The molecule has 0 N–H and O–H groups in total. The van der Waals surface area contributed by atoms with E-state index in [1.807, 2.05) is 0 Å². The number of carbonyl (C=O) groups excluding carboxylic acids is 3. The van der Waals surface area contributed by atoms with Crippen LogP contribution in [0.5, 0.6) is 0 Å². The Balaban J connectivity index is 3.82. The minimum Gasteiger partial charge on any atom is -0.428 e. The first-order chi connectivity index (χ1) is 5.95. The van der Waals surface area contributed by atoms with Crippen LogP contribution in [0.1, 0.15) is 13.8 Å². The number of esters is 2. The maximum absolute atomic E-state index is 10.8. The number of carbonyl (C=O) groups is 3. The van der Waals surface area contributed by atoms with Gasteiger partial charge in [0.2, 0.25) is 6.79 Å². The van der Waals surface area contributed by atoms with Gasteiger partial charge in [-0.3, -0.25) is 9.59 Å². The molecular formula is C8H10O5. The highest BCUT2D eigenvalue weighted by Crippen LogP contribution is 1.96. The quantitative estimate of drug-likeness (QED) is 0.206. The van der Waals surface area contributed by atoms with Crippen LogP contribution in [0.15, 0.2) is 12.2 Å². The van der Waals surface area contributed by atoms with E-state index in [0.717, 1.165) is 0 Å². The Morgan fingerprint density at radius 1 is 1.15 bits per heavy atom. The van der Waals surface area contributed by atoms with Crippen molar-refractivity contribution in [1.29, 1.82) is 0 Å². The Kier molecular flexibility index (Phi) is 4.43. The summed E-state index contributed by atoms with van der Waals surface area (Å²) < 4.78 is 8.68. The highest BCUT2D eigenvalue weighted by molar-refractivity contribution is 6.15. The van der Waals surface area contributed by atoms with Crippen molar-refractivity contribution >= 4 is 17.7 Å². The highest BCUT2D eigenvalue weighted by Gasteiger charge is 2.12. The van der Waals surface area contributed by atoms with Gasteiger partial charge in [0.25, 0.3) is 0 Å². The van der Waals surface area contributed by atoms with E-state index >= 15 is 0 Å². The van der Waals surface area contributed by atoms with Crippen LogP contribution < -0.4 is 0 Å². The molecule has 13 heavy (non-hydrogen) atoms. The molecule has 0 saturated carbocycles. The lowest BCUT2D eigenvalue weighted by atomic mass is 10.2. The second-order valence-corrected chi connectivity index (χ2v) is 2.22. The predicted molar refractivity (Wildman–Crippen MR) is 42.5 cm³/mol. The number of rotatable bonds is 4. The van der Waals surface area contributed by atoms with E-state index in [1.165, 1.54) is 13.8 Å². The van der Waals surface area contributed by atoms with E-state index in [4.69, 9.17) is 0 Å². The first kappa shape index (κ1) is 11.4. The van der Waals surface area contributed by atoms with E-state index in [-0.39, 0.29) is 5.57 Å². The van der Waals surface area contributed by atoms with Crippen molar-refractivity contribution in [3.8, 4) is 0 Å². The maximum atomic E-state index is 10.8. The van der Waals surface area contributed by atoms with Crippen molar-refractivity contribution in [2.75, 3.05) is 6.79 Å². The summed E-state index contributed by atoms with van der Waals surface area (Å²) in [4.78, 5) is 31.6. The van der Waals surface area contributed by atoms with Crippen LogP contribution in [0.3, 0.4) is 0 Å². The van der Waals surface area contributed by atoms with Crippen LogP contribution in [0.25, 0.3) is 0 Å². The molecule has 5 nitrogen and oxygen atoms in total. The average molecular weight is 186 g/mol. The van der Waals surface area contributed by atoms with Gasteiger partial charge in [-0.25, -0.2) is 4.79 Å². The van der Waals surface area contributed by atoms with Crippen molar-refractivity contribution in [3.63, 3.8) is 0 Å². The molecule has 0 aliphatic heterocycles. The Labute approximate surface area is 75.3 Å². The van der Waals surface area contributed by atoms with Gasteiger partial charge >= 0.3 is 11.9 Å². The summed E-state index contributed by atoms with van der Waals surface area (Å²) in [6.07, 6.45) is 0. The SMILES string of the molecule is C=C(C(C)=O)C(=O)OCOC(C)=O. The smallest absolute Gasteiger partial charge is 0.344 e. The summed E-state index contributed by atoms with van der Waals surface area (Å²) in [7, 11) is 0. The van der Waals surface area contributed by atoms with Crippen LogP contribution in [-0.4, -0.2) is 24.5 Å². The van der Waals surface area contributed by atoms with E-state index in [1.54, 1.807) is 0 Å². The van der Waals surface area contributed by atoms with Gasteiger partial charge in [0, 0.05) is 6.92 Å².